The van der Waals surface area contributed by atoms with Gasteiger partial charge in [-0.1, -0.05) is 24.3 Å². The fourth-order valence-electron chi connectivity index (χ4n) is 4.49. The second-order valence-electron chi connectivity index (χ2n) is 8.82. The number of carbonyl (C=O) groups is 2. The molecular weight excluding hydrogens is 445 g/mol. The second kappa shape index (κ2) is 10.5. The van der Waals surface area contributed by atoms with Gasteiger partial charge in [-0.2, -0.15) is 13.2 Å². The number of rotatable bonds is 5. The van der Waals surface area contributed by atoms with E-state index in [1.54, 1.807) is 6.07 Å². The van der Waals surface area contributed by atoms with Gasteiger partial charge in [0.15, 0.2) is 0 Å². The lowest BCUT2D eigenvalue weighted by atomic mass is 9.95. The standard InChI is InChI=1S/C25H29F3N4O2/c26-25(27,28)20-5-4-8-22(17-20)31-15-13-30(14-16-31)18-23(33)32-11-9-19(10-12-32)24(34)29-21-6-2-1-3-7-21/h1-8,17,19H,9-16,18H2,(H,29,34). The molecule has 0 bridgehead atoms. The molecule has 0 atom stereocenters. The maximum Gasteiger partial charge on any atom is 0.416 e. The predicted molar refractivity (Wildman–Crippen MR) is 124 cm³/mol. The molecule has 2 heterocycles. The van der Waals surface area contributed by atoms with Gasteiger partial charge in [-0.25, -0.2) is 0 Å². The molecule has 2 aliphatic rings. The van der Waals surface area contributed by atoms with Crippen LogP contribution in [0.2, 0.25) is 0 Å². The number of hydrogen-bond donors (Lipinski definition) is 1. The Kier molecular flexibility index (Phi) is 7.41. The third kappa shape index (κ3) is 6.08. The van der Waals surface area contributed by atoms with Gasteiger partial charge in [-0.15, -0.1) is 0 Å². The molecule has 6 nitrogen and oxygen atoms in total. The summed E-state index contributed by atoms with van der Waals surface area (Å²) in [5, 5.41) is 2.93. The van der Waals surface area contributed by atoms with E-state index in [0.717, 1.165) is 11.8 Å². The molecule has 0 aromatic heterocycles. The van der Waals surface area contributed by atoms with Crippen molar-refractivity contribution in [1.29, 1.82) is 0 Å². The maximum absolute atomic E-state index is 13.0. The Hall–Kier alpha value is -3.07. The number of nitrogens with one attached hydrogen (secondary N) is 1. The highest BCUT2D eigenvalue weighted by molar-refractivity contribution is 5.92. The highest BCUT2D eigenvalue weighted by Gasteiger charge is 2.32. The Balaban J connectivity index is 1.21. The summed E-state index contributed by atoms with van der Waals surface area (Å²) in [5.41, 5.74) is 0.676. The fraction of sp³-hybridized carbons (Fsp3) is 0.440. The molecule has 4 rings (SSSR count). The van der Waals surface area contributed by atoms with Gasteiger partial charge < -0.3 is 15.1 Å². The Bertz CT molecular complexity index is 983. The van der Waals surface area contributed by atoms with E-state index in [9.17, 15) is 22.8 Å². The molecule has 0 unspecified atom stereocenters. The van der Waals surface area contributed by atoms with Gasteiger partial charge in [0, 0.05) is 56.6 Å². The monoisotopic (exact) mass is 474 g/mol. The van der Waals surface area contributed by atoms with Crippen LogP contribution in [0.25, 0.3) is 0 Å². The number of carbonyl (C=O) groups excluding carboxylic acids is 2. The average Bonchev–Trinajstić information content (AvgIpc) is 2.85. The molecule has 34 heavy (non-hydrogen) atoms. The van der Waals surface area contributed by atoms with E-state index in [1.165, 1.54) is 12.1 Å². The highest BCUT2D eigenvalue weighted by atomic mass is 19.4. The number of likely N-dealkylation sites (tertiary alicyclic amines) is 1. The van der Waals surface area contributed by atoms with E-state index < -0.39 is 11.7 Å². The number of piperidine rings is 1. The van der Waals surface area contributed by atoms with Crippen LogP contribution < -0.4 is 10.2 Å². The molecule has 0 spiro atoms. The van der Waals surface area contributed by atoms with E-state index in [1.807, 2.05) is 45.0 Å². The van der Waals surface area contributed by atoms with Crippen molar-refractivity contribution in [3.63, 3.8) is 0 Å². The molecule has 0 saturated carbocycles. The quantitative estimate of drug-likeness (QED) is 0.718. The number of alkyl halides is 3. The van der Waals surface area contributed by atoms with Crippen LogP contribution >= 0.6 is 0 Å². The van der Waals surface area contributed by atoms with Crippen LogP contribution in [0.15, 0.2) is 54.6 Å². The summed E-state index contributed by atoms with van der Waals surface area (Å²) < 4.78 is 39.0. The number of hydrogen-bond acceptors (Lipinski definition) is 4. The molecular formula is C25H29F3N4O2. The molecule has 0 aliphatic carbocycles. The minimum absolute atomic E-state index is 0.0102. The normalized spacial score (nSPS) is 18.1. The van der Waals surface area contributed by atoms with Crippen molar-refractivity contribution in [3.05, 3.63) is 60.2 Å². The summed E-state index contributed by atoms with van der Waals surface area (Å²) in [6.45, 7) is 3.74. The summed E-state index contributed by atoms with van der Waals surface area (Å²) in [6.07, 6.45) is -3.10. The van der Waals surface area contributed by atoms with Crippen molar-refractivity contribution in [2.75, 3.05) is 56.0 Å². The summed E-state index contributed by atoms with van der Waals surface area (Å²) >= 11 is 0. The first-order chi connectivity index (χ1) is 16.3. The van der Waals surface area contributed by atoms with Gasteiger partial charge in [-0.05, 0) is 43.2 Å². The molecule has 2 amide bonds. The summed E-state index contributed by atoms with van der Waals surface area (Å²) in [5.74, 6) is -0.0845. The van der Waals surface area contributed by atoms with E-state index in [4.69, 9.17) is 0 Å². The molecule has 9 heteroatoms. The van der Waals surface area contributed by atoms with Crippen molar-refractivity contribution in [3.8, 4) is 0 Å². The number of halogens is 3. The third-order valence-electron chi connectivity index (χ3n) is 6.53. The minimum atomic E-state index is -4.36. The van der Waals surface area contributed by atoms with Crippen LogP contribution in [0.4, 0.5) is 24.5 Å². The number of piperazine rings is 1. The Morgan fingerprint density at radius 3 is 2.21 bits per heavy atom. The molecule has 0 radical (unpaired) electrons. The number of benzene rings is 2. The van der Waals surface area contributed by atoms with Crippen molar-refractivity contribution >= 4 is 23.2 Å². The molecule has 1 N–H and O–H groups in total. The van der Waals surface area contributed by atoms with Gasteiger partial charge in [-0.3, -0.25) is 14.5 Å². The van der Waals surface area contributed by atoms with E-state index in [0.29, 0.717) is 57.8 Å². The lowest BCUT2D eigenvalue weighted by Gasteiger charge is -2.37. The number of anilines is 2. The molecule has 2 aromatic carbocycles. The van der Waals surface area contributed by atoms with Crippen LogP contribution in [-0.2, 0) is 15.8 Å². The summed E-state index contributed by atoms with van der Waals surface area (Å²) in [7, 11) is 0. The average molecular weight is 475 g/mol. The van der Waals surface area contributed by atoms with Crippen LogP contribution in [0.5, 0.6) is 0 Å². The van der Waals surface area contributed by atoms with Crippen molar-refractivity contribution in [2.45, 2.75) is 19.0 Å². The topological polar surface area (TPSA) is 55.9 Å². The molecule has 2 aliphatic heterocycles. The van der Waals surface area contributed by atoms with E-state index >= 15 is 0 Å². The second-order valence-corrected chi connectivity index (χ2v) is 8.82. The zero-order valence-corrected chi connectivity index (χ0v) is 18.9. The van der Waals surface area contributed by atoms with Gasteiger partial charge in [0.25, 0.3) is 0 Å². The summed E-state index contributed by atoms with van der Waals surface area (Å²) in [6, 6.07) is 14.7. The first-order valence-electron chi connectivity index (χ1n) is 11.6. The molecule has 2 saturated heterocycles. The van der Waals surface area contributed by atoms with Gasteiger partial charge in [0.2, 0.25) is 11.8 Å². The van der Waals surface area contributed by atoms with Crippen LogP contribution in [-0.4, -0.2) is 67.4 Å². The molecule has 2 aromatic rings. The van der Waals surface area contributed by atoms with E-state index in [-0.39, 0.29) is 24.3 Å². The molecule has 182 valence electrons. The Labute approximate surface area is 197 Å². The SMILES string of the molecule is O=C(Nc1ccccc1)C1CCN(C(=O)CN2CCN(c3cccc(C(F)(F)F)c3)CC2)CC1. The third-order valence-corrected chi connectivity index (χ3v) is 6.53. The Morgan fingerprint density at radius 1 is 0.882 bits per heavy atom. The van der Waals surface area contributed by atoms with Gasteiger partial charge >= 0.3 is 6.18 Å². The zero-order valence-electron chi connectivity index (χ0n) is 18.9. The maximum atomic E-state index is 13.0. The van der Waals surface area contributed by atoms with Gasteiger partial charge in [0.05, 0.1) is 12.1 Å². The number of nitrogens with zero attached hydrogens (tertiary/aromatic N) is 3. The summed E-state index contributed by atoms with van der Waals surface area (Å²) in [4.78, 5) is 31.1. The first kappa shape index (κ1) is 24.1. The Morgan fingerprint density at radius 2 is 1.56 bits per heavy atom. The van der Waals surface area contributed by atoms with Crippen molar-refractivity contribution in [2.24, 2.45) is 5.92 Å². The number of amides is 2. The predicted octanol–water partition coefficient (Wildman–Crippen LogP) is 3.70. The van der Waals surface area contributed by atoms with E-state index in [2.05, 4.69) is 5.32 Å². The van der Waals surface area contributed by atoms with Crippen molar-refractivity contribution in [1.82, 2.24) is 9.80 Å². The van der Waals surface area contributed by atoms with Gasteiger partial charge in [0.1, 0.15) is 0 Å². The zero-order chi connectivity index (χ0) is 24.1. The van der Waals surface area contributed by atoms with Crippen LogP contribution in [0.1, 0.15) is 18.4 Å². The largest absolute Gasteiger partial charge is 0.416 e. The number of para-hydroxylation sites is 1. The lowest BCUT2D eigenvalue weighted by molar-refractivity contribution is -0.137. The van der Waals surface area contributed by atoms with Crippen molar-refractivity contribution < 1.29 is 22.8 Å². The first-order valence-corrected chi connectivity index (χ1v) is 11.6. The minimum Gasteiger partial charge on any atom is -0.369 e. The smallest absolute Gasteiger partial charge is 0.369 e. The molecule has 2 fully saturated rings. The van der Waals surface area contributed by atoms with Crippen LogP contribution in [0, 0.1) is 5.92 Å². The fourth-order valence-corrected chi connectivity index (χ4v) is 4.49. The van der Waals surface area contributed by atoms with Crippen LogP contribution in [0.3, 0.4) is 0 Å². The highest BCUT2D eigenvalue weighted by Crippen LogP contribution is 2.32. The lowest BCUT2D eigenvalue weighted by Crippen LogP contribution is -2.51.